The number of carbonyl (C=O) groups excluding carboxylic acids is 1. The van der Waals surface area contributed by atoms with Gasteiger partial charge in [0.2, 0.25) is 5.91 Å². The van der Waals surface area contributed by atoms with Gasteiger partial charge in [-0.3, -0.25) is 4.79 Å². The molecule has 0 unspecified atom stereocenters. The van der Waals surface area contributed by atoms with Crippen molar-refractivity contribution in [3.05, 3.63) is 83.7 Å². The number of hydrogen-bond donors (Lipinski definition) is 0. The highest BCUT2D eigenvalue weighted by atomic mass is 16.5. The van der Waals surface area contributed by atoms with Gasteiger partial charge < -0.3 is 18.9 Å². The first-order valence-electron chi connectivity index (χ1n) is 11.6. The van der Waals surface area contributed by atoms with Crippen LogP contribution in [-0.4, -0.2) is 35.7 Å². The number of hydrogen-bond acceptors (Lipinski definition) is 4. The Labute approximate surface area is 199 Å². The zero-order chi connectivity index (χ0) is 23.7. The maximum Gasteiger partial charge on any atom is 0.227 e. The first-order chi connectivity index (χ1) is 16.5. The lowest BCUT2D eigenvalue weighted by Crippen LogP contribution is -2.25. The van der Waals surface area contributed by atoms with E-state index in [9.17, 15) is 4.79 Å². The topological polar surface area (TPSA) is 56.6 Å². The van der Waals surface area contributed by atoms with Crippen LogP contribution >= 0.6 is 0 Å². The van der Waals surface area contributed by atoms with E-state index >= 15 is 0 Å². The van der Waals surface area contributed by atoms with E-state index in [0.717, 1.165) is 33.7 Å². The molecule has 1 aromatic heterocycles. The van der Waals surface area contributed by atoms with E-state index in [1.807, 2.05) is 47.4 Å². The van der Waals surface area contributed by atoms with Gasteiger partial charge in [0.05, 0.1) is 24.7 Å². The van der Waals surface area contributed by atoms with Crippen LogP contribution in [-0.2, 0) is 11.3 Å². The fourth-order valence-corrected chi connectivity index (χ4v) is 4.86. The summed E-state index contributed by atoms with van der Waals surface area (Å²) >= 11 is 0. The number of benzene rings is 3. The van der Waals surface area contributed by atoms with Crippen molar-refractivity contribution in [2.45, 2.75) is 32.7 Å². The van der Waals surface area contributed by atoms with Crippen molar-refractivity contribution >= 4 is 22.6 Å². The quantitative estimate of drug-likeness (QED) is 0.381. The third-order valence-corrected chi connectivity index (χ3v) is 6.33. The number of para-hydroxylation sites is 4. The molecule has 1 amide bonds. The summed E-state index contributed by atoms with van der Waals surface area (Å²) in [5.74, 6) is 2.52. The second kappa shape index (κ2) is 9.21. The Balaban J connectivity index is 1.41. The third kappa shape index (κ3) is 4.23. The first kappa shape index (κ1) is 22.0. The number of anilines is 1. The number of carbonyl (C=O) groups is 1. The molecule has 1 aliphatic rings. The highest BCUT2D eigenvalue weighted by molar-refractivity contribution is 5.96. The van der Waals surface area contributed by atoms with E-state index in [2.05, 4.69) is 42.7 Å². The lowest BCUT2D eigenvalue weighted by Gasteiger charge is -2.19. The molecule has 174 valence electrons. The number of aromatic nitrogens is 2. The molecule has 4 aromatic rings. The van der Waals surface area contributed by atoms with Crippen molar-refractivity contribution in [3.8, 4) is 11.5 Å². The molecule has 1 aliphatic heterocycles. The molecule has 0 spiro atoms. The van der Waals surface area contributed by atoms with Crippen molar-refractivity contribution in [1.29, 1.82) is 0 Å². The van der Waals surface area contributed by atoms with E-state index in [-0.39, 0.29) is 11.8 Å². The number of imidazole rings is 1. The summed E-state index contributed by atoms with van der Waals surface area (Å²) in [6.45, 7) is 5.85. The summed E-state index contributed by atoms with van der Waals surface area (Å²) in [4.78, 5) is 19.9. The molecule has 0 bridgehead atoms. The zero-order valence-corrected chi connectivity index (χ0v) is 19.8. The van der Waals surface area contributed by atoms with Crippen LogP contribution in [0.2, 0.25) is 0 Å². The fraction of sp³-hybridized carbons (Fsp3) is 0.286. The van der Waals surface area contributed by atoms with Gasteiger partial charge in [-0.1, -0.05) is 30.3 Å². The molecular weight excluding hydrogens is 426 g/mol. The monoisotopic (exact) mass is 455 g/mol. The van der Waals surface area contributed by atoms with Crippen molar-refractivity contribution in [1.82, 2.24) is 9.55 Å². The number of methoxy groups -OCH3 is 1. The molecule has 0 radical (unpaired) electrons. The molecule has 1 fully saturated rings. The second-order valence-corrected chi connectivity index (χ2v) is 8.86. The van der Waals surface area contributed by atoms with Crippen molar-refractivity contribution in [2.75, 3.05) is 25.2 Å². The summed E-state index contributed by atoms with van der Waals surface area (Å²) < 4.78 is 13.7. The van der Waals surface area contributed by atoms with Crippen LogP contribution in [0.1, 0.15) is 29.3 Å². The van der Waals surface area contributed by atoms with E-state index < -0.39 is 0 Å². The van der Waals surface area contributed by atoms with Crippen LogP contribution in [0.3, 0.4) is 0 Å². The van der Waals surface area contributed by atoms with Gasteiger partial charge in [0.1, 0.15) is 12.4 Å². The highest BCUT2D eigenvalue weighted by Crippen LogP contribution is 2.34. The predicted octanol–water partition coefficient (Wildman–Crippen LogP) is 5.26. The average Bonchev–Trinajstić information content (AvgIpc) is 3.39. The van der Waals surface area contributed by atoms with Gasteiger partial charge >= 0.3 is 0 Å². The molecule has 3 aromatic carbocycles. The molecule has 5 rings (SSSR count). The number of amides is 1. The van der Waals surface area contributed by atoms with E-state index in [1.54, 1.807) is 7.11 Å². The summed E-state index contributed by atoms with van der Waals surface area (Å²) in [5, 5.41) is 0. The van der Waals surface area contributed by atoms with Gasteiger partial charge in [-0.2, -0.15) is 0 Å². The maximum absolute atomic E-state index is 13.0. The molecule has 1 atom stereocenters. The largest absolute Gasteiger partial charge is 0.493 e. The van der Waals surface area contributed by atoms with Crippen molar-refractivity contribution in [3.63, 3.8) is 0 Å². The minimum atomic E-state index is 0.0204. The Morgan fingerprint density at radius 1 is 0.971 bits per heavy atom. The maximum atomic E-state index is 13.0. The zero-order valence-electron chi connectivity index (χ0n) is 19.8. The number of ether oxygens (including phenoxy) is 2. The Bertz CT molecular complexity index is 1320. The first-order valence-corrected chi connectivity index (χ1v) is 11.6. The van der Waals surface area contributed by atoms with Gasteiger partial charge in [-0.25, -0.2) is 4.98 Å². The number of aryl methyl sites for hydroxylation is 2. The predicted molar refractivity (Wildman–Crippen MR) is 134 cm³/mol. The lowest BCUT2D eigenvalue weighted by molar-refractivity contribution is -0.117. The summed E-state index contributed by atoms with van der Waals surface area (Å²) in [6.07, 6.45) is 0.448. The summed E-state index contributed by atoms with van der Waals surface area (Å²) in [6, 6.07) is 22.1. The van der Waals surface area contributed by atoms with Gasteiger partial charge in [0.25, 0.3) is 0 Å². The van der Waals surface area contributed by atoms with Gasteiger partial charge in [0.15, 0.2) is 11.5 Å². The Morgan fingerprint density at radius 2 is 1.68 bits per heavy atom. The fourth-order valence-electron chi connectivity index (χ4n) is 4.86. The van der Waals surface area contributed by atoms with Gasteiger partial charge in [-0.15, -0.1) is 0 Å². The van der Waals surface area contributed by atoms with E-state index in [1.165, 1.54) is 0 Å². The van der Waals surface area contributed by atoms with Gasteiger partial charge in [0, 0.05) is 24.6 Å². The van der Waals surface area contributed by atoms with Crippen LogP contribution in [0.25, 0.3) is 11.0 Å². The molecule has 34 heavy (non-hydrogen) atoms. The average molecular weight is 456 g/mol. The van der Waals surface area contributed by atoms with Crippen molar-refractivity contribution < 1.29 is 14.3 Å². The Kier molecular flexibility index (Phi) is 5.97. The van der Waals surface area contributed by atoms with E-state index in [4.69, 9.17) is 14.5 Å². The normalized spacial score (nSPS) is 15.8. The smallest absolute Gasteiger partial charge is 0.227 e. The highest BCUT2D eigenvalue weighted by Gasteiger charge is 2.35. The van der Waals surface area contributed by atoms with Crippen LogP contribution < -0.4 is 14.4 Å². The third-order valence-electron chi connectivity index (χ3n) is 6.33. The van der Waals surface area contributed by atoms with E-state index in [0.29, 0.717) is 37.6 Å². The van der Waals surface area contributed by atoms with Gasteiger partial charge in [-0.05, 0) is 61.4 Å². The van der Waals surface area contributed by atoms with Crippen LogP contribution in [0.4, 0.5) is 5.69 Å². The van der Waals surface area contributed by atoms with Crippen LogP contribution in [0.15, 0.2) is 66.7 Å². The molecule has 1 saturated heterocycles. The van der Waals surface area contributed by atoms with Crippen molar-refractivity contribution in [2.24, 2.45) is 0 Å². The molecular formula is C28H29N3O3. The molecule has 6 nitrogen and oxygen atoms in total. The lowest BCUT2D eigenvalue weighted by atomic mass is 10.1. The molecule has 0 N–H and O–H groups in total. The number of rotatable bonds is 7. The SMILES string of the molecule is COc1ccccc1OCCn1c([C@H]2CC(=O)N(c3cc(C)cc(C)c3)C2)nc2ccccc21. The Hall–Kier alpha value is -3.80. The number of fused-ring (bicyclic) bond motifs is 1. The Morgan fingerprint density at radius 3 is 2.44 bits per heavy atom. The molecule has 6 heteroatoms. The summed E-state index contributed by atoms with van der Waals surface area (Å²) in [5.41, 5.74) is 5.27. The second-order valence-electron chi connectivity index (χ2n) is 8.86. The molecule has 0 saturated carbocycles. The van der Waals surface area contributed by atoms with Crippen LogP contribution in [0, 0.1) is 13.8 Å². The summed E-state index contributed by atoms with van der Waals surface area (Å²) in [7, 11) is 1.64. The molecule has 0 aliphatic carbocycles. The number of nitrogens with zero attached hydrogens (tertiary/aromatic N) is 3. The molecule has 2 heterocycles. The minimum absolute atomic E-state index is 0.0204. The standard InChI is InChI=1S/C28H29N3O3/c1-19-14-20(2)16-22(15-19)31-18-21(17-27(31)32)28-29-23-8-4-5-9-24(23)30(28)12-13-34-26-11-7-6-10-25(26)33-3/h4-11,14-16,21H,12-13,17-18H2,1-3H3/t21-/m0/s1. The van der Waals surface area contributed by atoms with Crippen LogP contribution in [0.5, 0.6) is 11.5 Å². The minimum Gasteiger partial charge on any atom is -0.493 e.